The van der Waals surface area contributed by atoms with Crippen LogP contribution >= 0.6 is 0 Å². The van der Waals surface area contributed by atoms with Gasteiger partial charge in [0.2, 0.25) is 6.79 Å². The number of anilines is 1. The van der Waals surface area contributed by atoms with Gasteiger partial charge in [-0.1, -0.05) is 32.0 Å². The van der Waals surface area contributed by atoms with Crippen LogP contribution in [0.15, 0.2) is 48.5 Å². The molecule has 1 atom stereocenters. The zero-order valence-electron chi connectivity index (χ0n) is 15.9. The molecule has 0 radical (unpaired) electrons. The number of carbonyl (C=O) groups is 2. The van der Waals surface area contributed by atoms with Gasteiger partial charge in [0.1, 0.15) is 0 Å². The highest BCUT2D eigenvalue weighted by Gasteiger charge is 2.12. The van der Waals surface area contributed by atoms with E-state index in [1.807, 2.05) is 24.3 Å². The lowest BCUT2D eigenvalue weighted by Gasteiger charge is -2.10. The summed E-state index contributed by atoms with van der Waals surface area (Å²) in [6.45, 7) is 4.14. The minimum absolute atomic E-state index is 0.194. The molecular weight excluding hydrogens is 358 g/mol. The summed E-state index contributed by atoms with van der Waals surface area (Å²) in [4.78, 5) is 23.8. The van der Waals surface area contributed by atoms with E-state index in [4.69, 9.17) is 14.2 Å². The van der Waals surface area contributed by atoms with Crippen molar-refractivity contribution in [2.75, 3.05) is 18.7 Å². The summed E-state index contributed by atoms with van der Waals surface area (Å²) < 4.78 is 15.5. The summed E-state index contributed by atoms with van der Waals surface area (Å²) in [5.74, 6) is 0.797. The molecule has 1 heterocycles. The molecule has 0 spiro atoms. The predicted molar refractivity (Wildman–Crippen MR) is 106 cm³/mol. The van der Waals surface area contributed by atoms with E-state index in [-0.39, 0.29) is 19.3 Å². The predicted octanol–water partition coefficient (Wildman–Crippen LogP) is 4.12. The van der Waals surface area contributed by atoms with Crippen molar-refractivity contribution < 1.29 is 23.8 Å². The Kier molecular flexibility index (Phi) is 6.32. The second-order valence-corrected chi connectivity index (χ2v) is 6.53. The van der Waals surface area contributed by atoms with Crippen molar-refractivity contribution in [2.45, 2.75) is 26.2 Å². The quantitative estimate of drug-likeness (QED) is 0.577. The first-order valence-electron chi connectivity index (χ1n) is 9.19. The molecule has 0 aliphatic carbocycles. The number of carbonyl (C=O) groups excluding carboxylic acids is 2. The van der Waals surface area contributed by atoms with Gasteiger partial charge >= 0.3 is 5.97 Å². The van der Waals surface area contributed by atoms with Crippen LogP contribution < -0.4 is 14.8 Å². The Labute approximate surface area is 164 Å². The summed E-state index contributed by atoms with van der Waals surface area (Å²) >= 11 is 0. The first-order chi connectivity index (χ1) is 13.5. The Hall–Kier alpha value is -3.28. The molecule has 3 rings (SSSR count). The number of nitrogens with one attached hydrogen (secondary N) is 1. The smallest absolute Gasteiger partial charge is 0.331 e. The maximum atomic E-state index is 12.0. The normalized spacial score (nSPS) is 13.4. The van der Waals surface area contributed by atoms with Gasteiger partial charge in [-0.3, -0.25) is 4.79 Å². The molecule has 1 aliphatic heterocycles. The van der Waals surface area contributed by atoms with E-state index >= 15 is 0 Å². The number of benzene rings is 2. The molecule has 28 heavy (non-hydrogen) atoms. The monoisotopic (exact) mass is 381 g/mol. The molecule has 0 saturated heterocycles. The molecule has 1 N–H and O–H groups in total. The average molecular weight is 381 g/mol. The molecule has 1 unspecified atom stereocenters. The Bertz CT molecular complexity index is 873. The Morgan fingerprint density at radius 2 is 1.89 bits per heavy atom. The fraction of sp³-hybridized carbons (Fsp3) is 0.273. The van der Waals surface area contributed by atoms with E-state index < -0.39 is 5.97 Å². The van der Waals surface area contributed by atoms with Gasteiger partial charge in [0.05, 0.1) is 0 Å². The average Bonchev–Trinajstić information content (AvgIpc) is 3.18. The molecule has 0 fully saturated rings. The molecule has 0 saturated carbocycles. The molecule has 146 valence electrons. The molecule has 2 aromatic carbocycles. The van der Waals surface area contributed by atoms with Gasteiger partial charge in [-0.2, -0.15) is 0 Å². The number of amides is 1. The van der Waals surface area contributed by atoms with E-state index in [1.165, 1.54) is 11.6 Å². The SMILES string of the molecule is CCC(C)c1ccc(NC(=O)COC(=O)/C=C/c2ccc3c(c2)OCO3)cc1. The van der Waals surface area contributed by atoms with Gasteiger partial charge in [0, 0.05) is 11.8 Å². The lowest BCUT2D eigenvalue weighted by atomic mass is 9.99. The van der Waals surface area contributed by atoms with Crippen molar-refractivity contribution >= 4 is 23.6 Å². The number of esters is 1. The van der Waals surface area contributed by atoms with Crippen molar-refractivity contribution in [1.82, 2.24) is 0 Å². The minimum atomic E-state index is -0.597. The molecule has 1 amide bonds. The lowest BCUT2D eigenvalue weighted by molar-refractivity contribution is -0.142. The summed E-state index contributed by atoms with van der Waals surface area (Å²) in [6.07, 6.45) is 3.92. The molecule has 0 aromatic heterocycles. The van der Waals surface area contributed by atoms with Gasteiger partial charge < -0.3 is 19.5 Å². The van der Waals surface area contributed by atoms with Gasteiger partial charge in [-0.05, 0) is 53.8 Å². The third-order valence-corrected chi connectivity index (χ3v) is 4.53. The van der Waals surface area contributed by atoms with Crippen LogP contribution in [0, 0.1) is 0 Å². The molecular formula is C22H23NO5. The molecule has 1 aliphatic rings. The van der Waals surface area contributed by atoms with Crippen LogP contribution in [0.1, 0.15) is 37.3 Å². The maximum absolute atomic E-state index is 12.0. The second kappa shape index (κ2) is 9.08. The maximum Gasteiger partial charge on any atom is 0.331 e. The van der Waals surface area contributed by atoms with Crippen molar-refractivity contribution in [3.8, 4) is 11.5 Å². The van der Waals surface area contributed by atoms with Gasteiger partial charge in [0.25, 0.3) is 5.91 Å². The van der Waals surface area contributed by atoms with Crippen LogP contribution in [0.5, 0.6) is 11.5 Å². The van der Waals surface area contributed by atoms with Crippen molar-refractivity contribution in [3.63, 3.8) is 0 Å². The number of ether oxygens (including phenoxy) is 3. The van der Waals surface area contributed by atoms with E-state index in [0.717, 1.165) is 12.0 Å². The van der Waals surface area contributed by atoms with Crippen LogP contribution in [-0.4, -0.2) is 25.3 Å². The standard InChI is InChI=1S/C22H23NO5/c1-3-15(2)17-6-8-18(9-7-17)23-21(24)13-26-22(25)11-5-16-4-10-19-20(12-16)28-14-27-19/h4-12,15H,3,13-14H2,1-2H3,(H,23,24)/b11-5+. The molecule has 6 heteroatoms. The molecule has 0 bridgehead atoms. The zero-order valence-corrected chi connectivity index (χ0v) is 15.9. The summed E-state index contributed by atoms with van der Waals surface area (Å²) in [5.41, 5.74) is 2.66. The first kappa shape index (κ1) is 19.5. The Morgan fingerprint density at radius 1 is 1.14 bits per heavy atom. The number of fused-ring (bicyclic) bond motifs is 1. The lowest BCUT2D eigenvalue weighted by Crippen LogP contribution is -2.20. The number of hydrogen-bond donors (Lipinski definition) is 1. The van der Waals surface area contributed by atoms with E-state index in [1.54, 1.807) is 24.3 Å². The highest BCUT2D eigenvalue weighted by molar-refractivity contribution is 5.94. The molecule has 2 aromatic rings. The fourth-order valence-electron chi connectivity index (χ4n) is 2.69. The van der Waals surface area contributed by atoms with Crippen molar-refractivity contribution in [3.05, 3.63) is 59.7 Å². The topological polar surface area (TPSA) is 73.9 Å². The van der Waals surface area contributed by atoms with Crippen LogP contribution in [-0.2, 0) is 14.3 Å². The van der Waals surface area contributed by atoms with E-state index in [0.29, 0.717) is 23.1 Å². The van der Waals surface area contributed by atoms with Gasteiger partial charge in [0.15, 0.2) is 18.1 Å². The highest BCUT2D eigenvalue weighted by atomic mass is 16.7. The van der Waals surface area contributed by atoms with Crippen LogP contribution in [0.3, 0.4) is 0 Å². The molecule has 6 nitrogen and oxygen atoms in total. The largest absolute Gasteiger partial charge is 0.454 e. The van der Waals surface area contributed by atoms with E-state index in [9.17, 15) is 9.59 Å². The number of rotatable bonds is 7. The van der Waals surface area contributed by atoms with Crippen LogP contribution in [0.4, 0.5) is 5.69 Å². The third-order valence-electron chi connectivity index (χ3n) is 4.53. The third kappa shape index (κ3) is 5.13. The minimum Gasteiger partial charge on any atom is -0.454 e. The summed E-state index contributed by atoms with van der Waals surface area (Å²) in [7, 11) is 0. The Morgan fingerprint density at radius 3 is 2.64 bits per heavy atom. The van der Waals surface area contributed by atoms with Crippen molar-refractivity contribution in [1.29, 1.82) is 0 Å². The van der Waals surface area contributed by atoms with Crippen molar-refractivity contribution in [2.24, 2.45) is 0 Å². The summed E-state index contributed by atoms with van der Waals surface area (Å²) in [5, 5.41) is 2.71. The van der Waals surface area contributed by atoms with E-state index in [2.05, 4.69) is 19.2 Å². The first-order valence-corrected chi connectivity index (χ1v) is 9.19. The highest BCUT2D eigenvalue weighted by Crippen LogP contribution is 2.32. The number of hydrogen-bond acceptors (Lipinski definition) is 5. The van der Waals surface area contributed by atoms with Crippen LogP contribution in [0.25, 0.3) is 6.08 Å². The summed E-state index contributed by atoms with van der Waals surface area (Å²) in [6, 6.07) is 13.0. The van der Waals surface area contributed by atoms with Gasteiger partial charge in [-0.15, -0.1) is 0 Å². The zero-order chi connectivity index (χ0) is 19.9. The fourth-order valence-corrected chi connectivity index (χ4v) is 2.69. The second-order valence-electron chi connectivity index (χ2n) is 6.53. The van der Waals surface area contributed by atoms with Gasteiger partial charge in [-0.25, -0.2) is 4.79 Å². The Balaban J connectivity index is 1.45. The van der Waals surface area contributed by atoms with Crippen LogP contribution in [0.2, 0.25) is 0 Å².